The van der Waals surface area contributed by atoms with Crippen molar-refractivity contribution in [3.8, 4) is 0 Å². The molecule has 3 aromatic carbocycles. The molecule has 0 saturated carbocycles. The van der Waals surface area contributed by atoms with E-state index in [0.717, 1.165) is 22.3 Å². The zero-order chi connectivity index (χ0) is 36.1. The Labute approximate surface area is 300 Å². The van der Waals surface area contributed by atoms with Crippen molar-refractivity contribution in [3.63, 3.8) is 0 Å². The zero-order valence-electron chi connectivity index (χ0n) is 29.4. The highest BCUT2D eigenvalue weighted by atomic mass is 16.6. The Balaban J connectivity index is 1.34. The van der Waals surface area contributed by atoms with Gasteiger partial charge < -0.3 is 44.5 Å². The van der Waals surface area contributed by atoms with Gasteiger partial charge >= 0.3 is 6.09 Å². The number of amides is 2. The molecule has 5 atom stereocenters. The van der Waals surface area contributed by atoms with Crippen molar-refractivity contribution < 1.29 is 43.5 Å². The van der Waals surface area contributed by atoms with Crippen LogP contribution in [0, 0.1) is 5.92 Å². The van der Waals surface area contributed by atoms with E-state index in [1.807, 2.05) is 97.1 Å². The van der Waals surface area contributed by atoms with Crippen molar-refractivity contribution in [1.29, 1.82) is 0 Å². The Morgan fingerprint density at radius 1 is 0.824 bits per heavy atom. The summed E-state index contributed by atoms with van der Waals surface area (Å²) >= 11 is 0. The number of nitrogens with one attached hydrogen (secondary N) is 2. The van der Waals surface area contributed by atoms with Crippen molar-refractivity contribution in [2.45, 2.75) is 50.0 Å². The van der Waals surface area contributed by atoms with E-state index in [1.165, 1.54) is 0 Å². The summed E-state index contributed by atoms with van der Waals surface area (Å²) in [6, 6.07) is 25.7. The van der Waals surface area contributed by atoms with Gasteiger partial charge in [0.1, 0.15) is 6.61 Å². The molecule has 4 N–H and O–H groups in total. The molecule has 1 aliphatic rings. The molecule has 11 nitrogen and oxygen atoms in total. The van der Waals surface area contributed by atoms with Crippen LogP contribution < -0.4 is 10.6 Å². The van der Waals surface area contributed by atoms with Crippen molar-refractivity contribution in [2.75, 3.05) is 60.0 Å². The first-order chi connectivity index (χ1) is 24.9. The quantitative estimate of drug-likeness (QED) is 0.106. The normalized spacial score (nSPS) is 17.1. The van der Waals surface area contributed by atoms with Crippen LogP contribution in [-0.4, -0.2) is 100 Å². The number of carbonyl (C=O) groups excluding carboxylic acids is 2. The van der Waals surface area contributed by atoms with E-state index in [1.54, 1.807) is 7.11 Å². The number of benzene rings is 3. The summed E-state index contributed by atoms with van der Waals surface area (Å²) < 4.78 is 26.6. The molecule has 51 heavy (non-hydrogen) atoms. The number of carbonyl (C=O) groups is 2. The van der Waals surface area contributed by atoms with Gasteiger partial charge in [0.15, 0.2) is 0 Å². The lowest BCUT2D eigenvalue weighted by Gasteiger charge is -2.28. The van der Waals surface area contributed by atoms with Gasteiger partial charge in [-0.15, -0.1) is 0 Å². The third-order valence-electron chi connectivity index (χ3n) is 8.63. The van der Waals surface area contributed by atoms with Crippen molar-refractivity contribution in [1.82, 2.24) is 10.6 Å². The first-order valence-electron chi connectivity index (χ1n) is 17.6. The predicted molar refractivity (Wildman–Crippen MR) is 194 cm³/mol. The maximum absolute atomic E-state index is 13.9. The standard InChI is InChI=1S/C40H52N2O9/c1-47-19-20-48-21-22-49-23-24-50-25-26-51-40(46)41-35(27-31-13-6-3-7-14-31)36(43)29-33(17-10-15-30-11-4-2-5-12-30)39(45)42-38-34-18-9-8-16-32(34)28-37(38)44/h2-16,18,33,35-38,43-44H,17,19-29H2,1H3,(H,41,46)(H,42,45)/t33-,35+,36+,37-,38+/m1/s1. The van der Waals surface area contributed by atoms with E-state index in [0.29, 0.717) is 58.9 Å². The highest BCUT2D eigenvalue weighted by Crippen LogP contribution is 2.32. The fraction of sp³-hybridized carbons (Fsp3) is 0.450. The molecule has 0 saturated heterocycles. The fourth-order valence-corrected chi connectivity index (χ4v) is 5.94. The number of alkyl carbamates (subject to hydrolysis) is 1. The molecule has 0 fully saturated rings. The van der Waals surface area contributed by atoms with E-state index in [4.69, 9.17) is 23.7 Å². The second-order valence-electron chi connectivity index (χ2n) is 12.4. The summed E-state index contributed by atoms with van der Waals surface area (Å²) in [5.41, 5.74) is 3.79. The number of hydrogen-bond donors (Lipinski definition) is 4. The summed E-state index contributed by atoms with van der Waals surface area (Å²) in [5.74, 6) is -0.933. The van der Waals surface area contributed by atoms with Gasteiger partial charge in [-0.05, 0) is 41.5 Å². The largest absolute Gasteiger partial charge is 0.447 e. The molecular formula is C40H52N2O9. The van der Waals surface area contributed by atoms with Gasteiger partial charge in [-0.25, -0.2) is 4.79 Å². The second kappa shape index (κ2) is 22.7. The smallest absolute Gasteiger partial charge is 0.407 e. The van der Waals surface area contributed by atoms with Gasteiger partial charge in [-0.2, -0.15) is 0 Å². The first-order valence-corrected chi connectivity index (χ1v) is 17.6. The Morgan fingerprint density at radius 3 is 2.12 bits per heavy atom. The number of methoxy groups -OCH3 is 1. The Hall–Kier alpha value is -4.10. The van der Waals surface area contributed by atoms with E-state index in [-0.39, 0.29) is 25.5 Å². The monoisotopic (exact) mass is 704 g/mol. The third kappa shape index (κ3) is 14.2. The molecule has 0 radical (unpaired) electrons. The van der Waals surface area contributed by atoms with E-state index in [2.05, 4.69) is 10.6 Å². The maximum Gasteiger partial charge on any atom is 0.407 e. The minimum Gasteiger partial charge on any atom is -0.447 e. The van der Waals surface area contributed by atoms with Crippen molar-refractivity contribution >= 4 is 18.1 Å². The number of aliphatic hydroxyl groups is 2. The third-order valence-corrected chi connectivity index (χ3v) is 8.63. The molecule has 0 aromatic heterocycles. The molecule has 11 heteroatoms. The lowest BCUT2D eigenvalue weighted by Crippen LogP contribution is -2.47. The van der Waals surface area contributed by atoms with Gasteiger partial charge in [0.05, 0.1) is 70.5 Å². The van der Waals surface area contributed by atoms with Gasteiger partial charge in [0.2, 0.25) is 5.91 Å². The lowest BCUT2D eigenvalue weighted by atomic mass is 9.90. The molecule has 4 rings (SSSR count). The summed E-state index contributed by atoms with van der Waals surface area (Å²) in [5, 5.41) is 28.3. The average Bonchev–Trinajstić information content (AvgIpc) is 3.46. The fourth-order valence-electron chi connectivity index (χ4n) is 5.94. The van der Waals surface area contributed by atoms with Crippen LogP contribution in [0.4, 0.5) is 4.79 Å². The number of fused-ring (bicyclic) bond motifs is 1. The van der Waals surface area contributed by atoms with Gasteiger partial charge in [0.25, 0.3) is 0 Å². The van der Waals surface area contributed by atoms with Crippen LogP contribution >= 0.6 is 0 Å². The first kappa shape index (κ1) is 39.7. The Bertz CT molecular complexity index is 1460. The van der Waals surface area contributed by atoms with Crippen molar-refractivity contribution in [2.24, 2.45) is 5.92 Å². The van der Waals surface area contributed by atoms with Crippen LogP contribution in [0.5, 0.6) is 0 Å². The number of aliphatic hydroxyl groups excluding tert-OH is 2. The second-order valence-corrected chi connectivity index (χ2v) is 12.4. The molecular weight excluding hydrogens is 652 g/mol. The minimum atomic E-state index is -1.09. The SMILES string of the molecule is COCCOCCOCCOCCOC(=O)N[C@@H](Cc1ccccc1)[C@@H](O)C[C@@H](CC=Cc1ccccc1)C(=O)N[C@H]1c2ccccc2C[C@H]1O. The van der Waals surface area contributed by atoms with Crippen LogP contribution in [0.3, 0.4) is 0 Å². The topological polar surface area (TPSA) is 145 Å². The summed E-state index contributed by atoms with van der Waals surface area (Å²) in [6.45, 7) is 2.88. The molecule has 0 spiro atoms. The molecule has 3 aromatic rings. The van der Waals surface area contributed by atoms with Crippen LogP contribution in [-0.2, 0) is 41.3 Å². The van der Waals surface area contributed by atoms with E-state index >= 15 is 0 Å². The van der Waals surface area contributed by atoms with Crippen LogP contribution in [0.1, 0.15) is 41.1 Å². The molecule has 0 bridgehead atoms. The molecule has 0 unspecified atom stereocenters. The highest BCUT2D eigenvalue weighted by molar-refractivity contribution is 5.80. The van der Waals surface area contributed by atoms with Crippen LogP contribution in [0.15, 0.2) is 91.0 Å². The maximum atomic E-state index is 13.9. The van der Waals surface area contributed by atoms with Crippen LogP contribution in [0.2, 0.25) is 0 Å². The number of rotatable bonds is 23. The van der Waals surface area contributed by atoms with Gasteiger partial charge in [0, 0.05) is 19.4 Å². The Kier molecular flexibility index (Phi) is 17.6. The predicted octanol–water partition coefficient (Wildman–Crippen LogP) is 4.27. The molecule has 1 aliphatic carbocycles. The number of allylic oxidation sites excluding steroid dienone is 1. The summed E-state index contributed by atoms with van der Waals surface area (Å²) in [4.78, 5) is 26.8. The Morgan fingerprint density at radius 2 is 1.43 bits per heavy atom. The summed E-state index contributed by atoms with van der Waals surface area (Å²) in [7, 11) is 1.62. The van der Waals surface area contributed by atoms with E-state index in [9.17, 15) is 19.8 Å². The minimum absolute atomic E-state index is 0.0145. The van der Waals surface area contributed by atoms with E-state index < -0.39 is 36.3 Å². The van der Waals surface area contributed by atoms with Crippen LogP contribution in [0.25, 0.3) is 6.08 Å². The number of ether oxygens (including phenoxy) is 5. The number of hydrogen-bond acceptors (Lipinski definition) is 9. The van der Waals surface area contributed by atoms with Crippen molar-refractivity contribution in [3.05, 3.63) is 113 Å². The van der Waals surface area contributed by atoms with Gasteiger partial charge in [-0.3, -0.25) is 4.79 Å². The lowest BCUT2D eigenvalue weighted by molar-refractivity contribution is -0.127. The molecule has 2 amide bonds. The molecule has 276 valence electrons. The summed E-state index contributed by atoms with van der Waals surface area (Å²) in [6.07, 6.45) is 2.50. The molecule has 0 aliphatic heterocycles. The average molecular weight is 705 g/mol. The van der Waals surface area contributed by atoms with Gasteiger partial charge in [-0.1, -0.05) is 97.1 Å². The zero-order valence-corrected chi connectivity index (χ0v) is 29.4. The molecule has 0 heterocycles. The highest BCUT2D eigenvalue weighted by Gasteiger charge is 2.35.